The third-order valence-corrected chi connectivity index (χ3v) is 4.70. The number of hydrogen-bond donors (Lipinski definition) is 0. The first-order chi connectivity index (χ1) is 11.3. The van der Waals surface area contributed by atoms with Crippen molar-refractivity contribution in [1.82, 2.24) is 14.5 Å². The van der Waals surface area contributed by atoms with Gasteiger partial charge in [-0.05, 0) is 55.5 Å². The Morgan fingerprint density at radius 3 is 2.35 bits per heavy atom. The summed E-state index contributed by atoms with van der Waals surface area (Å²) in [4.78, 5) is 8.97. The number of nitrogens with zero attached hydrogens (tertiary/aromatic N) is 3. The van der Waals surface area contributed by atoms with Crippen LogP contribution >= 0.6 is 11.8 Å². The standard InChI is InChI=1S/C18H16FN3S/c1-23-18-21-16(12-2-4-14(19)5-3-12)17(22(18)15-6-7-15)13-8-10-20-11-9-13/h2-5,8-11,15H,6-7H2,1H3. The van der Waals surface area contributed by atoms with Gasteiger partial charge in [0.1, 0.15) is 5.82 Å². The maximum atomic E-state index is 13.3. The molecule has 0 N–H and O–H groups in total. The van der Waals surface area contributed by atoms with Crippen LogP contribution in [-0.2, 0) is 0 Å². The van der Waals surface area contributed by atoms with Crippen molar-refractivity contribution in [2.45, 2.75) is 24.0 Å². The quantitative estimate of drug-likeness (QED) is 0.645. The molecule has 1 saturated carbocycles. The maximum Gasteiger partial charge on any atom is 0.169 e. The molecule has 5 heteroatoms. The third kappa shape index (κ3) is 2.65. The normalized spacial score (nSPS) is 14.2. The summed E-state index contributed by atoms with van der Waals surface area (Å²) in [5.41, 5.74) is 4.05. The smallest absolute Gasteiger partial charge is 0.169 e. The van der Waals surface area contributed by atoms with E-state index in [1.54, 1.807) is 36.3 Å². The van der Waals surface area contributed by atoms with E-state index in [1.807, 2.05) is 18.4 Å². The molecule has 1 aliphatic rings. The minimum absolute atomic E-state index is 0.231. The van der Waals surface area contributed by atoms with Gasteiger partial charge in [0.05, 0.1) is 11.4 Å². The highest BCUT2D eigenvalue weighted by molar-refractivity contribution is 7.98. The van der Waals surface area contributed by atoms with Crippen molar-refractivity contribution in [3.8, 4) is 22.5 Å². The van der Waals surface area contributed by atoms with E-state index < -0.39 is 0 Å². The summed E-state index contributed by atoms with van der Waals surface area (Å²) in [5.74, 6) is -0.231. The lowest BCUT2D eigenvalue weighted by Gasteiger charge is -2.11. The van der Waals surface area contributed by atoms with Crippen LogP contribution in [0.3, 0.4) is 0 Å². The zero-order valence-electron chi connectivity index (χ0n) is 12.7. The highest BCUT2D eigenvalue weighted by Crippen LogP contribution is 2.45. The fourth-order valence-corrected chi connectivity index (χ4v) is 3.44. The molecule has 4 rings (SSSR count). The van der Waals surface area contributed by atoms with Crippen molar-refractivity contribution in [2.75, 3.05) is 6.26 Å². The second kappa shape index (κ2) is 5.81. The number of aromatic nitrogens is 3. The van der Waals surface area contributed by atoms with Gasteiger partial charge in [-0.15, -0.1) is 0 Å². The Morgan fingerprint density at radius 2 is 1.74 bits per heavy atom. The predicted molar refractivity (Wildman–Crippen MR) is 90.9 cm³/mol. The van der Waals surface area contributed by atoms with Crippen LogP contribution in [0.2, 0.25) is 0 Å². The first-order valence-electron chi connectivity index (χ1n) is 7.60. The van der Waals surface area contributed by atoms with Crippen molar-refractivity contribution in [1.29, 1.82) is 0 Å². The van der Waals surface area contributed by atoms with Gasteiger partial charge in [0.25, 0.3) is 0 Å². The molecule has 23 heavy (non-hydrogen) atoms. The van der Waals surface area contributed by atoms with Crippen molar-refractivity contribution in [3.05, 3.63) is 54.6 Å². The van der Waals surface area contributed by atoms with Gasteiger partial charge in [-0.25, -0.2) is 9.37 Å². The number of halogens is 1. The lowest BCUT2D eigenvalue weighted by Crippen LogP contribution is -1.99. The Morgan fingerprint density at radius 1 is 1.04 bits per heavy atom. The summed E-state index contributed by atoms with van der Waals surface area (Å²) in [6, 6.07) is 11.1. The molecule has 2 heterocycles. The molecule has 0 amide bonds. The molecule has 0 spiro atoms. The average molecular weight is 325 g/mol. The minimum Gasteiger partial charge on any atom is -0.315 e. The van der Waals surface area contributed by atoms with Gasteiger partial charge in [-0.1, -0.05) is 11.8 Å². The molecule has 0 aliphatic heterocycles. The van der Waals surface area contributed by atoms with Crippen molar-refractivity contribution in [2.24, 2.45) is 0 Å². The van der Waals surface area contributed by atoms with E-state index in [2.05, 4.69) is 9.55 Å². The Kier molecular flexibility index (Phi) is 3.65. The van der Waals surface area contributed by atoms with Gasteiger partial charge < -0.3 is 4.57 Å². The SMILES string of the molecule is CSc1nc(-c2ccc(F)cc2)c(-c2ccncc2)n1C1CC1. The largest absolute Gasteiger partial charge is 0.315 e. The van der Waals surface area contributed by atoms with E-state index in [0.717, 1.165) is 27.7 Å². The summed E-state index contributed by atoms with van der Waals surface area (Å²) in [7, 11) is 0. The predicted octanol–water partition coefficient (Wildman–Crippen LogP) is 4.81. The second-order valence-corrected chi connectivity index (χ2v) is 6.41. The lowest BCUT2D eigenvalue weighted by molar-refractivity contribution is 0.628. The Balaban J connectivity index is 1.96. The van der Waals surface area contributed by atoms with E-state index in [4.69, 9.17) is 4.98 Å². The average Bonchev–Trinajstić information content (AvgIpc) is 3.36. The van der Waals surface area contributed by atoms with Crippen LogP contribution in [0.5, 0.6) is 0 Å². The van der Waals surface area contributed by atoms with E-state index in [9.17, 15) is 4.39 Å². The van der Waals surface area contributed by atoms with Crippen LogP contribution in [0.25, 0.3) is 22.5 Å². The van der Waals surface area contributed by atoms with Crippen molar-refractivity contribution >= 4 is 11.8 Å². The van der Waals surface area contributed by atoms with E-state index >= 15 is 0 Å². The number of pyridine rings is 1. The zero-order chi connectivity index (χ0) is 15.8. The summed E-state index contributed by atoms with van der Waals surface area (Å²) >= 11 is 1.65. The molecule has 0 radical (unpaired) electrons. The van der Waals surface area contributed by atoms with Crippen LogP contribution in [0, 0.1) is 5.82 Å². The fraction of sp³-hybridized carbons (Fsp3) is 0.222. The summed E-state index contributed by atoms with van der Waals surface area (Å²) in [5, 5.41) is 1.01. The lowest BCUT2D eigenvalue weighted by atomic mass is 10.1. The Bertz CT molecular complexity index is 823. The van der Waals surface area contributed by atoms with Gasteiger partial charge in [-0.3, -0.25) is 4.98 Å². The molecule has 1 fully saturated rings. The van der Waals surface area contributed by atoms with Gasteiger partial charge in [0.15, 0.2) is 5.16 Å². The maximum absolute atomic E-state index is 13.3. The van der Waals surface area contributed by atoms with Gasteiger partial charge in [0.2, 0.25) is 0 Å². The molecular weight excluding hydrogens is 309 g/mol. The van der Waals surface area contributed by atoms with Crippen LogP contribution in [-0.4, -0.2) is 20.8 Å². The van der Waals surface area contributed by atoms with Crippen molar-refractivity contribution < 1.29 is 4.39 Å². The summed E-state index contributed by atoms with van der Waals surface area (Å²) < 4.78 is 15.6. The topological polar surface area (TPSA) is 30.7 Å². The van der Waals surface area contributed by atoms with E-state index in [-0.39, 0.29) is 5.82 Å². The first-order valence-corrected chi connectivity index (χ1v) is 8.83. The van der Waals surface area contributed by atoms with E-state index in [1.165, 1.54) is 25.0 Å². The molecule has 0 bridgehead atoms. The molecule has 3 aromatic rings. The molecule has 0 unspecified atom stereocenters. The monoisotopic (exact) mass is 325 g/mol. The first kappa shape index (κ1) is 14.5. The third-order valence-electron chi connectivity index (χ3n) is 4.04. The fourth-order valence-electron chi connectivity index (χ4n) is 2.82. The number of benzene rings is 1. The molecular formula is C18H16FN3S. The van der Waals surface area contributed by atoms with Crippen LogP contribution in [0.4, 0.5) is 4.39 Å². The minimum atomic E-state index is -0.231. The molecule has 1 aromatic carbocycles. The van der Waals surface area contributed by atoms with Gasteiger partial charge in [0, 0.05) is 29.6 Å². The summed E-state index contributed by atoms with van der Waals surface area (Å²) in [6.45, 7) is 0. The van der Waals surface area contributed by atoms with Gasteiger partial charge in [-0.2, -0.15) is 0 Å². The zero-order valence-corrected chi connectivity index (χ0v) is 13.6. The number of thioether (sulfide) groups is 1. The number of rotatable bonds is 4. The number of hydrogen-bond acceptors (Lipinski definition) is 3. The molecule has 1 aliphatic carbocycles. The molecule has 3 nitrogen and oxygen atoms in total. The number of imidazole rings is 1. The Hall–Kier alpha value is -2.14. The van der Waals surface area contributed by atoms with Crippen LogP contribution in [0.1, 0.15) is 18.9 Å². The molecule has 116 valence electrons. The highest BCUT2D eigenvalue weighted by atomic mass is 32.2. The summed E-state index contributed by atoms with van der Waals surface area (Å²) in [6.07, 6.45) is 8.02. The Labute approximate surface area is 138 Å². The molecule has 0 saturated heterocycles. The van der Waals surface area contributed by atoms with Crippen LogP contribution < -0.4 is 0 Å². The molecule has 2 aromatic heterocycles. The van der Waals surface area contributed by atoms with Crippen LogP contribution in [0.15, 0.2) is 53.9 Å². The van der Waals surface area contributed by atoms with E-state index in [0.29, 0.717) is 6.04 Å². The second-order valence-electron chi connectivity index (χ2n) is 5.64. The highest BCUT2D eigenvalue weighted by Gasteiger charge is 2.31. The molecule has 0 atom stereocenters. The van der Waals surface area contributed by atoms with Gasteiger partial charge >= 0.3 is 0 Å². The van der Waals surface area contributed by atoms with Crippen molar-refractivity contribution in [3.63, 3.8) is 0 Å².